The number of carbonyl (C=O) groups excluding carboxylic acids is 1. The molecular formula is C29H36N8O15P2. The Hall–Kier alpha value is -4.22. The zero-order valence-corrected chi connectivity index (χ0v) is 29.7. The molecule has 2 aliphatic heterocycles. The van der Waals surface area contributed by atoms with Crippen molar-refractivity contribution in [1.82, 2.24) is 29.1 Å². The van der Waals surface area contributed by atoms with Crippen molar-refractivity contribution in [2.24, 2.45) is 0 Å². The van der Waals surface area contributed by atoms with E-state index in [1.165, 1.54) is 17.0 Å². The number of fused-ring (bicyclic) bond motifs is 1. The van der Waals surface area contributed by atoms with Gasteiger partial charge in [0, 0.05) is 12.6 Å². The Morgan fingerprint density at radius 1 is 0.889 bits per heavy atom. The Labute approximate surface area is 304 Å². The SMILES string of the molecule is Nc1ccn([C@@H]2O[C@H](COP(=O)(O)O)[C@@H](OP(=O)(O)OC[C@H]3O[C@@H](n4cnc5c(N)ncnc54)[C@H](O)[C@@H]3OC(=O)CCCc3ccccc3)[C@H]2O)c(=O)n1. The monoisotopic (exact) mass is 798 g/mol. The second kappa shape index (κ2) is 16.3. The number of ether oxygens (including phenoxy) is 3. The van der Waals surface area contributed by atoms with E-state index in [4.69, 9.17) is 34.7 Å². The van der Waals surface area contributed by atoms with E-state index in [1.54, 1.807) is 0 Å². The number of hydrogen-bond acceptors (Lipinski definition) is 18. The van der Waals surface area contributed by atoms with Crippen molar-refractivity contribution in [3.8, 4) is 0 Å². The minimum Gasteiger partial charge on any atom is -0.457 e. The van der Waals surface area contributed by atoms with Gasteiger partial charge in [-0.1, -0.05) is 30.3 Å². The average Bonchev–Trinajstić information content (AvgIpc) is 3.77. The molecule has 23 nitrogen and oxygen atoms in total. The van der Waals surface area contributed by atoms with E-state index in [0.29, 0.717) is 12.8 Å². The van der Waals surface area contributed by atoms with Crippen LogP contribution in [-0.4, -0.2) is 110 Å². The molecule has 0 bridgehead atoms. The minimum absolute atomic E-state index is 0.0354. The number of benzene rings is 1. The van der Waals surface area contributed by atoms with Gasteiger partial charge in [-0.3, -0.25) is 27.5 Å². The smallest absolute Gasteiger partial charge is 0.457 e. The van der Waals surface area contributed by atoms with Crippen LogP contribution < -0.4 is 17.2 Å². The van der Waals surface area contributed by atoms with Crippen LogP contribution in [0.1, 0.15) is 30.9 Å². The first-order valence-corrected chi connectivity index (χ1v) is 19.2. The number of aliphatic hydroxyl groups is 2. The largest absolute Gasteiger partial charge is 0.472 e. The molecule has 2 fully saturated rings. The number of imidazole rings is 1. The number of aliphatic hydroxyl groups excluding tert-OH is 2. The lowest BCUT2D eigenvalue weighted by Gasteiger charge is -2.25. The number of esters is 1. The van der Waals surface area contributed by atoms with E-state index < -0.39 is 89.6 Å². The highest BCUT2D eigenvalue weighted by atomic mass is 31.2. The lowest BCUT2D eigenvalue weighted by atomic mass is 10.1. The summed E-state index contributed by atoms with van der Waals surface area (Å²) in [6, 6.07) is 10.6. The number of phosphoric acid groups is 2. The third-order valence-corrected chi connectivity index (χ3v) is 9.90. The predicted molar refractivity (Wildman–Crippen MR) is 180 cm³/mol. The lowest BCUT2D eigenvalue weighted by Crippen LogP contribution is -2.39. The van der Waals surface area contributed by atoms with Crippen LogP contribution in [0.4, 0.5) is 11.6 Å². The summed E-state index contributed by atoms with van der Waals surface area (Å²) >= 11 is 0. The van der Waals surface area contributed by atoms with Crippen LogP contribution in [-0.2, 0) is 48.1 Å². The number of aromatic nitrogens is 6. The molecule has 5 heterocycles. The van der Waals surface area contributed by atoms with Gasteiger partial charge in [0.25, 0.3) is 0 Å². The number of nitrogens with zero attached hydrogens (tertiary/aromatic N) is 6. The van der Waals surface area contributed by atoms with Gasteiger partial charge >= 0.3 is 27.3 Å². The molecule has 54 heavy (non-hydrogen) atoms. The number of nitrogens with two attached hydrogens (primary N) is 2. The molecule has 9 atom stereocenters. The van der Waals surface area contributed by atoms with Crippen LogP contribution in [0.25, 0.3) is 11.2 Å². The Morgan fingerprint density at radius 3 is 2.26 bits per heavy atom. The standard InChI is InChI=1S/C29H36N8O15P2/c30-18-9-10-36(29(41)35-18)27-22(40)24(17(50-27)11-47-53(42,43)44)52-54(45,46)48-12-16-23(51-19(38)8-4-7-15-5-2-1-3-6-15)21(39)28(49-16)37-14-34-20-25(31)32-13-33-26(20)37/h1-3,5-6,9-10,13-14,16-17,21-24,27-28,39-40H,4,7-8,11-12H2,(H,45,46)(H2,30,35,41)(H2,31,32,33)(H2,42,43,44)/t16-,17-,21-,22-,23-,24-,27-,28-/m1/s1. The second-order valence-electron chi connectivity index (χ2n) is 12.2. The molecule has 3 aromatic heterocycles. The van der Waals surface area contributed by atoms with E-state index in [0.717, 1.165) is 22.7 Å². The molecule has 6 rings (SSSR count). The fourth-order valence-electron chi connectivity index (χ4n) is 5.93. The zero-order valence-electron chi connectivity index (χ0n) is 27.9. The Balaban J connectivity index is 1.19. The number of carbonyl (C=O) groups is 1. The number of aryl methyl sites for hydroxylation is 1. The number of hydrogen-bond donors (Lipinski definition) is 7. The van der Waals surface area contributed by atoms with Gasteiger partial charge < -0.3 is 50.6 Å². The van der Waals surface area contributed by atoms with Gasteiger partial charge in [0.2, 0.25) is 0 Å². The molecule has 25 heteroatoms. The van der Waals surface area contributed by atoms with Crippen molar-refractivity contribution in [1.29, 1.82) is 0 Å². The third-order valence-electron chi connectivity index (χ3n) is 8.43. The van der Waals surface area contributed by atoms with Crippen LogP contribution >= 0.6 is 15.6 Å². The van der Waals surface area contributed by atoms with Crippen molar-refractivity contribution in [3.63, 3.8) is 0 Å². The summed E-state index contributed by atoms with van der Waals surface area (Å²) < 4.78 is 58.9. The molecule has 0 amide bonds. The molecule has 292 valence electrons. The van der Waals surface area contributed by atoms with E-state index in [2.05, 4.69) is 24.5 Å². The Morgan fingerprint density at radius 2 is 1.56 bits per heavy atom. The summed E-state index contributed by atoms with van der Waals surface area (Å²) in [5, 5.41) is 22.4. The fourth-order valence-corrected chi connectivity index (χ4v) is 7.24. The van der Waals surface area contributed by atoms with E-state index in [1.807, 2.05) is 30.3 Å². The number of rotatable bonds is 15. The molecule has 4 aromatic rings. The maximum absolute atomic E-state index is 13.4. The topological polar surface area (TPSA) is 338 Å². The van der Waals surface area contributed by atoms with Crippen molar-refractivity contribution >= 4 is 44.4 Å². The summed E-state index contributed by atoms with van der Waals surface area (Å²) in [5.41, 5.74) is 11.7. The maximum atomic E-state index is 13.4. The lowest BCUT2D eigenvalue weighted by molar-refractivity contribution is -0.156. The molecule has 0 spiro atoms. The van der Waals surface area contributed by atoms with Gasteiger partial charge in [0.1, 0.15) is 48.2 Å². The van der Waals surface area contributed by atoms with Crippen LogP contribution in [0.2, 0.25) is 0 Å². The average molecular weight is 799 g/mol. The van der Waals surface area contributed by atoms with Crippen molar-refractivity contribution in [2.75, 3.05) is 24.7 Å². The molecule has 2 aliphatic rings. The minimum atomic E-state index is -5.30. The highest BCUT2D eigenvalue weighted by molar-refractivity contribution is 7.47. The summed E-state index contributed by atoms with van der Waals surface area (Å²) in [4.78, 5) is 70.4. The van der Waals surface area contributed by atoms with Crippen LogP contribution in [0.5, 0.6) is 0 Å². The number of nitrogen functional groups attached to an aromatic ring is 2. The Kier molecular flexibility index (Phi) is 11.9. The first-order valence-electron chi connectivity index (χ1n) is 16.1. The summed E-state index contributed by atoms with van der Waals surface area (Å²) in [5.74, 6) is -0.844. The molecule has 1 unspecified atom stereocenters. The highest BCUT2D eigenvalue weighted by Crippen LogP contribution is 2.50. The summed E-state index contributed by atoms with van der Waals surface area (Å²) in [6.45, 7) is -1.83. The number of phosphoric ester groups is 2. The van der Waals surface area contributed by atoms with Gasteiger partial charge in [-0.05, 0) is 24.5 Å². The van der Waals surface area contributed by atoms with Gasteiger partial charge in [-0.2, -0.15) is 4.98 Å². The van der Waals surface area contributed by atoms with Crippen LogP contribution in [0.3, 0.4) is 0 Å². The van der Waals surface area contributed by atoms with E-state index in [-0.39, 0.29) is 29.2 Å². The van der Waals surface area contributed by atoms with Crippen molar-refractivity contribution < 1.29 is 66.6 Å². The highest BCUT2D eigenvalue weighted by Gasteiger charge is 2.52. The fraction of sp³-hybridized carbons (Fsp3) is 0.448. The number of anilines is 2. The molecule has 9 N–H and O–H groups in total. The first kappa shape index (κ1) is 39.5. The van der Waals surface area contributed by atoms with Gasteiger partial charge in [0.05, 0.1) is 19.5 Å². The quantitative estimate of drug-likeness (QED) is 0.0578. The summed E-state index contributed by atoms with van der Waals surface area (Å²) in [6.07, 6.45) is -8.56. The molecule has 0 radical (unpaired) electrons. The third kappa shape index (κ3) is 9.17. The van der Waals surface area contributed by atoms with Gasteiger partial charge in [0.15, 0.2) is 30.0 Å². The molecule has 0 saturated carbocycles. The predicted octanol–water partition coefficient (Wildman–Crippen LogP) is -0.690. The van der Waals surface area contributed by atoms with Gasteiger partial charge in [-0.25, -0.2) is 28.9 Å². The molecule has 1 aromatic carbocycles. The van der Waals surface area contributed by atoms with Gasteiger partial charge in [-0.15, -0.1) is 0 Å². The summed E-state index contributed by atoms with van der Waals surface area (Å²) in [7, 11) is -10.4. The first-order chi connectivity index (χ1) is 25.6. The zero-order chi connectivity index (χ0) is 38.8. The van der Waals surface area contributed by atoms with Crippen molar-refractivity contribution in [2.45, 2.75) is 68.3 Å². The Bertz CT molecular complexity index is 2100. The molecular weight excluding hydrogens is 762 g/mol. The second-order valence-corrected chi connectivity index (χ2v) is 14.8. The van der Waals surface area contributed by atoms with Crippen molar-refractivity contribution in [3.05, 3.63) is 71.3 Å². The van der Waals surface area contributed by atoms with E-state index >= 15 is 0 Å². The molecule has 0 aliphatic carbocycles. The normalized spacial score (nSPS) is 26.9. The molecule has 2 saturated heterocycles. The maximum Gasteiger partial charge on any atom is 0.472 e. The van der Waals surface area contributed by atoms with Crippen LogP contribution in [0.15, 0.2) is 60.0 Å². The van der Waals surface area contributed by atoms with E-state index in [9.17, 15) is 43.6 Å². The van der Waals surface area contributed by atoms with Crippen LogP contribution in [0, 0.1) is 0 Å².